The van der Waals surface area contributed by atoms with Crippen LogP contribution in [0.2, 0.25) is 5.02 Å². The number of hydrogen-bond donors (Lipinski definition) is 0. The maximum atomic E-state index is 12.7. The van der Waals surface area contributed by atoms with Crippen molar-refractivity contribution in [2.45, 2.75) is 11.1 Å². The lowest BCUT2D eigenvalue weighted by atomic mass is 10.2. The smallest absolute Gasteiger partial charge is 0.422 e. The molecule has 1 saturated heterocycles. The lowest BCUT2D eigenvalue weighted by Gasteiger charge is -2.34. The van der Waals surface area contributed by atoms with Gasteiger partial charge < -0.3 is 9.64 Å². The van der Waals surface area contributed by atoms with Gasteiger partial charge in [0.1, 0.15) is 0 Å². The fourth-order valence-electron chi connectivity index (χ4n) is 2.84. The summed E-state index contributed by atoms with van der Waals surface area (Å²) < 4.78 is 67.7. The predicted molar refractivity (Wildman–Crippen MR) is 102 cm³/mol. The standard InChI is InChI=1S/C18H17ClF3N3O4S/c19-14-2-1-3-15(10-14)30(27,28)25-8-6-24(7-9-25)17(26)13-4-5-16(23-11-13)29-12-18(20,21)22/h1-5,10-11H,6-9,12H2. The number of piperazine rings is 1. The third-order valence-electron chi connectivity index (χ3n) is 4.33. The zero-order valence-corrected chi connectivity index (χ0v) is 17.0. The van der Waals surface area contributed by atoms with E-state index >= 15 is 0 Å². The average molecular weight is 464 g/mol. The number of hydrogen-bond acceptors (Lipinski definition) is 5. The number of rotatable bonds is 5. The van der Waals surface area contributed by atoms with Gasteiger partial charge in [0.05, 0.1) is 10.5 Å². The van der Waals surface area contributed by atoms with Crippen molar-refractivity contribution in [2.75, 3.05) is 32.8 Å². The van der Waals surface area contributed by atoms with Crippen LogP contribution in [0, 0.1) is 0 Å². The van der Waals surface area contributed by atoms with Gasteiger partial charge in [0.25, 0.3) is 5.91 Å². The summed E-state index contributed by atoms with van der Waals surface area (Å²) in [6.07, 6.45) is -3.36. The van der Waals surface area contributed by atoms with Crippen LogP contribution in [-0.4, -0.2) is 67.5 Å². The van der Waals surface area contributed by atoms with Gasteiger partial charge in [-0.15, -0.1) is 0 Å². The fourth-order valence-corrected chi connectivity index (χ4v) is 4.56. The number of benzene rings is 1. The number of alkyl halides is 3. The Morgan fingerprint density at radius 1 is 1.13 bits per heavy atom. The molecule has 1 amide bonds. The minimum absolute atomic E-state index is 0.0772. The van der Waals surface area contributed by atoms with E-state index in [1.807, 2.05) is 0 Å². The van der Waals surface area contributed by atoms with Crippen LogP contribution in [0.5, 0.6) is 5.88 Å². The summed E-state index contributed by atoms with van der Waals surface area (Å²) in [7, 11) is -3.73. The molecule has 30 heavy (non-hydrogen) atoms. The molecular weight excluding hydrogens is 447 g/mol. The Bertz CT molecular complexity index is 1010. The van der Waals surface area contributed by atoms with Gasteiger partial charge in [-0.2, -0.15) is 17.5 Å². The molecule has 0 N–H and O–H groups in total. The maximum Gasteiger partial charge on any atom is 0.422 e. The summed E-state index contributed by atoms with van der Waals surface area (Å²) in [6, 6.07) is 8.43. The third-order valence-corrected chi connectivity index (χ3v) is 6.46. The van der Waals surface area contributed by atoms with Gasteiger partial charge in [-0.3, -0.25) is 4.79 Å². The van der Waals surface area contributed by atoms with E-state index < -0.39 is 28.7 Å². The first kappa shape index (κ1) is 22.3. The Balaban J connectivity index is 1.60. The van der Waals surface area contributed by atoms with Crippen molar-refractivity contribution in [1.29, 1.82) is 0 Å². The molecule has 0 atom stereocenters. The molecular formula is C18H17ClF3N3O4S. The first-order chi connectivity index (χ1) is 14.1. The van der Waals surface area contributed by atoms with E-state index in [2.05, 4.69) is 9.72 Å². The molecule has 0 aliphatic carbocycles. The number of ether oxygens (including phenoxy) is 1. The number of carbonyl (C=O) groups excluding carboxylic acids is 1. The van der Waals surface area contributed by atoms with Gasteiger partial charge >= 0.3 is 6.18 Å². The van der Waals surface area contributed by atoms with Gasteiger partial charge in [-0.25, -0.2) is 13.4 Å². The van der Waals surface area contributed by atoms with Gasteiger partial charge in [-0.1, -0.05) is 17.7 Å². The summed E-state index contributed by atoms with van der Waals surface area (Å²) in [6.45, 7) is -0.964. The Morgan fingerprint density at radius 3 is 2.40 bits per heavy atom. The zero-order valence-electron chi connectivity index (χ0n) is 15.5. The van der Waals surface area contributed by atoms with Gasteiger partial charge in [0.2, 0.25) is 15.9 Å². The highest BCUT2D eigenvalue weighted by molar-refractivity contribution is 7.89. The number of halogens is 4. The molecule has 1 aromatic carbocycles. The Kier molecular flexibility index (Phi) is 6.53. The van der Waals surface area contributed by atoms with Gasteiger partial charge in [-0.05, 0) is 24.3 Å². The maximum absolute atomic E-state index is 12.7. The van der Waals surface area contributed by atoms with Gasteiger partial charge in [0.15, 0.2) is 6.61 Å². The first-order valence-corrected chi connectivity index (χ1v) is 10.6. The van der Waals surface area contributed by atoms with E-state index in [0.29, 0.717) is 5.02 Å². The molecule has 1 fully saturated rings. The van der Waals surface area contributed by atoms with E-state index in [1.165, 1.54) is 33.5 Å². The number of aromatic nitrogens is 1. The van der Waals surface area contributed by atoms with Crippen LogP contribution in [0.25, 0.3) is 0 Å². The van der Waals surface area contributed by atoms with Crippen LogP contribution in [0.4, 0.5) is 13.2 Å². The number of sulfonamides is 1. The Labute approximate surface area is 176 Å². The quantitative estimate of drug-likeness (QED) is 0.681. The second kappa shape index (κ2) is 8.78. The second-order valence-electron chi connectivity index (χ2n) is 6.44. The highest BCUT2D eigenvalue weighted by Gasteiger charge is 2.31. The van der Waals surface area contributed by atoms with E-state index in [4.69, 9.17) is 11.6 Å². The number of pyridine rings is 1. The summed E-state index contributed by atoms with van der Waals surface area (Å²) in [4.78, 5) is 17.8. The molecule has 3 rings (SSSR count). The van der Waals surface area contributed by atoms with E-state index in [-0.39, 0.29) is 42.5 Å². The van der Waals surface area contributed by atoms with Crippen molar-refractivity contribution in [3.05, 3.63) is 53.2 Å². The molecule has 2 heterocycles. The SMILES string of the molecule is O=C(c1ccc(OCC(F)(F)F)nc1)N1CCN(S(=O)(=O)c2cccc(Cl)c2)CC1. The molecule has 2 aromatic rings. The molecule has 0 unspecified atom stereocenters. The second-order valence-corrected chi connectivity index (χ2v) is 8.82. The molecule has 0 saturated carbocycles. The first-order valence-electron chi connectivity index (χ1n) is 8.77. The van der Waals surface area contributed by atoms with Crippen molar-refractivity contribution in [3.8, 4) is 5.88 Å². The highest BCUT2D eigenvalue weighted by Crippen LogP contribution is 2.22. The fraction of sp³-hybridized carbons (Fsp3) is 0.333. The Hall–Kier alpha value is -2.37. The normalized spacial score (nSPS) is 15.8. The number of nitrogens with zero attached hydrogens (tertiary/aromatic N) is 3. The molecule has 0 radical (unpaired) electrons. The monoisotopic (exact) mass is 463 g/mol. The lowest BCUT2D eigenvalue weighted by molar-refractivity contribution is -0.154. The van der Waals surface area contributed by atoms with E-state index in [1.54, 1.807) is 12.1 Å². The van der Waals surface area contributed by atoms with Crippen molar-refractivity contribution in [3.63, 3.8) is 0 Å². The van der Waals surface area contributed by atoms with Crippen LogP contribution < -0.4 is 4.74 Å². The van der Waals surface area contributed by atoms with Crippen molar-refractivity contribution < 1.29 is 31.1 Å². The summed E-state index contributed by atoms with van der Waals surface area (Å²) in [5.74, 6) is -0.647. The molecule has 1 aliphatic heterocycles. The summed E-state index contributed by atoms with van der Waals surface area (Å²) >= 11 is 5.87. The summed E-state index contributed by atoms with van der Waals surface area (Å²) in [5.41, 5.74) is 0.167. The molecule has 1 aliphatic rings. The van der Waals surface area contributed by atoms with Crippen LogP contribution in [0.15, 0.2) is 47.5 Å². The Morgan fingerprint density at radius 2 is 1.83 bits per heavy atom. The van der Waals surface area contributed by atoms with Crippen molar-refractivity contribution >= 4 is 27.5 Å². The molecule has 0 spiro atoms. The largest absolute Gasteiger partial charge is 0.468 e. The zero-order chi connectivity index (χ0) is 21.9. The van der Waals surface area contributed by atoms with Crippen molar-refractivity contribution in [1.82, 2.24) is 14.2 Å². The van der Waals surface area contributed by atoms with Crippen LogP contribution in [0.3, 0.4) is 0 Å². The lowest BCUT2D eigenvalue weighted by Crippen LogP contribution is -2.50. The van der Waals surface area contributed by atoms with Crippen LogP contribution in [0.1, 0.15) is 10.4 Å². The average Bonchev–Trinajstić information content (AvgIpc) is 2.72. The summed E-state index contributed by atoms with van der Waals surface area (Å²) in [5, 5.41) is 0.306. The predicted octanol–water partition coefficient (Wildman–Crippen LogP) is 2.82. The molecule has 162 valence electrons. The van der Waals surface area contributed by atoms with Crippen LogP contribution >= 0.6 is 11.6 Å². The van der Waals surface area contributed by atoms with Crippen molar-refractivity contribution in [2.24, 2.45) is 0 Å². The minimum atomic E-state index is -4.48. The molecule has 12 heteroatoms. The third kappa shape index (κ3) is 5.41. The topological polar surface area (TPSA) is 79.8 Å². The highest BCUT2D eigenvalue weighted by atomic mass is 35.5. The van der Waals surface area contributed by atoms with E-state index in [0.717, 1.165) is 6.20 Å². The van der Waals surface area contributed by atoms with Gasteiger partial charge in [0, 0.05) is 43.5 Å². The van der Waals surface area contributed by atoms with Crippen LogP contribution in [-0.2, 0) is 10.0 Å². The number of carbonyl (C=O) groups is 1. The molecule has 7 nitrogen and oxygen atoms in total. The van der Waals surface area contributed by atoms with E-state index in [9.17, 15) is 26.4 Å². The molecule has 1 aromatic heterocycles. The molecule has 0 bridgehead atoms. The minimum Gasteiger partial charge on any atom is -0.468 e. The number of amides is 1.